The monoisotopic (exact) mass is 318 g/mol. The quantitative estimate of drug-likeness (QED) is 0.847. The van der Waals surface area contributed by atoms with Crippen LogP contribution in [0.15, 0.2) is 24.3 Å². The molecule has 4 nitrogen and oxygen atoms in total. The van der Waals surface area contributed by atoms with Crippen molar-refractivity contribution in [2.45, 2.75) is 39.1 Å². The maximum absolute atomic E-state index is 12.2. The molecule has 0 fully saturated rings. The Kier molecular flexibility index (Phi) is 5.82. The van der Waals surface area contributed by atoms with E-state index in [0.29, 0.717) is 12.3 Å². The smallest absolute Gasteiger partial charge is 0.406 e. The lowest BCUT2D eigenvalue weighted by molar-refractivity contribution is -0.274. The Morgan fingerprint density at radius 3 is 2.23 bits per heavy atom. The Balaban J connectivity index is 2.77. The van der Waals surface area contributed by atoms with Crippen LogP contribution in [-0.2, 0) is 0 Å². The molecule has 0 radical (unpaired) electrons. The van der Waals surface area contributed by atoms with Gasteiger partial charge in [-0.1, -0.05) is 13.8 Å². The highest BCUT2D eigenvalue weighted by Crippen LogP contribution is 2.23. The first-order chi connectivity index (χ1) is 10.0. The summed E-state index contributed by atoms with van der Waals surface area (Å²) in [7, 11) is 0. The normalized spacial score (nSPS) is 14.5. The van der Waals surface area contributed by atoms with E-state index in [2.05, 4.69) is 10.1 Å². The molecule has 0 bridgehead atoms. The summed E-state index contributed by atoms with van der Waals surface area (Å²) in [5, 5.41) is 2.83. The van der Waals surface area contributed by atoms with Crippen molar-refractivity contribution in [2.75, 3.05) is 6.54 Å². The third-order valence-corrected chi connectivity index (χ3v) is 3.07. The number of hydrogen-bond acceptors (Lipinski definition) is 3. The number of carbonyl (C=O) groups excluding carboxylic acids is 1. The van der Waals surface area contributed by atoms with Crippen molar-refractivity contribution in [3.05, 3.63) is 29.8 Å². The van der Waals surface area contributed by atoms with E-state index in [0.717, 1.165) is 12.1 Å². The fraction of sp³-hybridized carbons (Fsp3) is 0.533. The SMILES string of the molecule is CC(C)CC(C)(CN)NC(=O)c1ccc(OC(F)(F)F)cc1. The Morgan fingerprint density at radius 2 is 1.82 bits per heavy atom. The molecule has 0 saturated carbocycles. The van der Waals surface area contributed by atoms with E-state index >= 15 is 0 Å². The van der Waals surface area contributed by atoms with Crippen LogP contribution in [0.1, 0.15) is 37.6 Å². The number of rotatable bonds is 6. The van der Waals surface area contributed by atoms with Gasteiger partial charge in [-0.15, -0.1) is 13.2 Å². The van der Waals surface area contributed by atoms with E-state index in [1.807, 2.05) is 20.8 Å². The Labute approximate surface area is 127 Å². The molecule has 0 aliphatic rings. The summed E-state index contributed by atoms with van der Waals surface area (Å²) in [4.78, 5) is 12.2. The van der Waals surface area contributed by atoms with Crippen LogP contribution in [0, 0.1) is 5.92 Å². The number of amides is 1. The molecule has 124 valence electrons. The summed E-state index contributed by atoms with van der Waals surface area (Å²) in [6, 6.07) is 4.76. The molecule has 0 saturated heterocycles. The highest BCUT2D eigenvalue weighted by molar-refractivity contribution is 5.94. The summed E-state index contributed by atoms with van der Waals surface area (Å²) in [6.07, 6.45) is -4.05. The minimum atomic E-state index is -4.75. The highest BCUT2D eigenvalue weighted by atomic mass is 19.4. The van der Waals surface area contributed by atoms with Gasteiger partial charge in [-0.2, -0.15) is 0 Å². The summed E-state index contributed by atoms with van der Waals surface area (Å²) in [5.41, 5.74) is 5.40. The van der Waals surface area contributed by atoms with E-state index < -0.39 is 11.9 Å². The Bertz CT molecular complexity index is 501. The van der Waals surface area contributed by atoms with Gasteiger partial charge in [0, 0.05) is 17.6 Å². The molecule has 1 aromatic carbocycles. The fourth-order valence-corrected chi connectivity index (χ4v) is 2.24. The van der Waals surface area contributed by atoms with Gasteiger partial charge in [-0.25, -0.2) is 0 Å². The molecule has 1 atom stereocenters. The summed E-state index contributed by atoms with van der Waals surface area (Å²) < 4.78 is 40.0. The Morgan fingerprint density at radius 1 is 1.27 bits per heavy atom. The first kappa shape index (κ1) is 18.3. The zero-order valence-corrected chi connectivity index (χ0v) is 12.8. The molecule has 0 aliphatic carbocycles. The maximum Gasteiger partial charge on any atom is 0.573 e. The predicted molar refractivity (Wildman–Crippen MR) is 77.5 cm³/mol. The van der Waals surface area contributed by atoms with Gasteiger partial charge in [0.25, 0.3) is 5.91 Å². The molecular formula is C15H21F3N2O2. The number of benzene rings is 1. The van der Waals surface area contributed by atoms with Crippen molar-refractivity contribution < 1.29 is 22.7 Å². The second-order valence-corrected chi connectivity index (χ2v) is 5.89. The number of nitrogens with one attached hydrogen (secondary N) is 1. The molecule has 3 N–H and O–H groups in total. The van der Waals surface area contributed by atoms with E-state index in [1.165, 1.54) is 12.1 Å². The standard InChI is InChI=1S/C15H21F3N2O2/c1-10(2)8-14(3,9-19)20-13(21)11-4-6-12(7-5-11)22-15(16,17)18/h4-7,10H,8-9,19H2,1-3H3,(H,20,21). The summed E-state index contributed by atoms with van der Waals surface area (Å²) in [5.74, 6) is -0.406. The van der Waals surface area contributed by atoms with Crippen molar-refractivity contribution in [1.29, 1.82) is 0 Å². The van der Waals surface area contributed by atoms with Crippen LogP contribution in [0.2, 0.25) is 0 Å². The fourth-order valence-electron chi connectivity index (χ4n) is 2.24. The lowest BCUT2D eigenvalue weighted by Gasteiger charge is -2.31. The molecular weight excluding hydrogens is 297 g/mol. The molecule has 1 amide bonds. The number of carbonyl (C=O) groups is 1. The minimum absolute atomic E-state index is 0.248. The van der Waals surface area contributed by atoms with Crippen LogP contribution in [0.4, 0.5) is 13.2 Å². The predicted octanol–water partition coefficient (Wildman–Crippen LogP) is 3.08. The third-order valence-electron chi connectivity index (χ3n) is 3.07. The second-order valence-electron chi connectivity index (χ2n) is 5.89. The molecule has 0 spiro atoms. The third kappa shape index (κ3) is 5.93. The average molecular weight is 318 g/mol. The van der Waals surface area contributed by atoms with Crippen molar-refractivity contribution in [3.8, 4) is 5.75 Å². The zero-order chi connectivity index (χ0) is 17.0. The van der Waals surface area contributed by atoms with Gasteiger partial charge in [0.05, 0.1) is 0 Å². The molecule has 0 aromatic heterocycles. The minimum Gasteiger partial charge on any atom is -0.406 e. The van der Waals surface area contributed by atoms with E-state index in [1.54, 1.807) is 0 Å². The van der Waals surface area contributed by atoms with Crippen molar-refractivity contribution in [2.24, 2.45) is 11.7 Å². The second kappa shape index (κ2) is 7.00. The maximum atomic E-state index is 12.2. The van der Waals surface area contributed by atoms with E-state index in [-0.39, 0.29) is 23.8 Å². The molecule has 1 unspecified atom stereocenters. The van der Waals surface area contributed by atoms with E-state index in [9.17, 15) is 18.0 Å². The van der Waals surface area contributed by atoms with Crippen molar-refractivity contribution in [1.82, 2.24) is 5.32 Å². The first-order valence-corrected chi connectivity index (χ1v) is 6.93. The average Bonchev–Trinajstić information content (AvgIpc) is 2.36. The van der Waals surface area contributed by atoms with Gasteiger partial charge in [0.15, 0.2) is 0 Å². The summed E-state index contributed by atoms with van der Waals surface area (Å²) in [6.45, 7) is 6.14. The lowest BCUT2D eigenvalue weighted by Crippen LogP contribution is -2.52. The largest absolute Gasteiger partial charge is 0.573 e. The molecule has 0 aliphatic heterocycles. The number of hydrogen-bond donors (Lipinski definition) is 2. The topological polar surface area (TPSA) is 64.3 Å². The van der Waals surface area contributed by atoms with Gasteiger partial charge in [0.2, 0.25) is 0 Å². The summed E-state index contributed by atoms with van der Waals surface area (Å²) >= 11 is 0. The van der Waals surface area contributed by atoms with Crippen molar-refractivity contribution >= 4 is 5.91 Å². The van der Waals surface area contributed by atoms with Crippen LogP contribution in [0.5, 0.6) is 5.75 Å². The van der Waals surface area contributed by atoms with Crippen LogP contribution in [0.25, 0.3) is 0 Å². The van der Waals surface area contributed by atoms with Crippen LogP contribution in [-0.4, -0.2) is 24.4 Å². The van der Waals surface area contributed by atoms with Gasteiger partial charge in [-0.05, 0) is 43.5 Å². The Hall–Kier alpha value is -1.76. The lowest BCUT2D eigenvalue weighted by atomic mass is 9.90. The first-order valence-electron chi connectivity index (χ1n) is 6.93. The van der Waals surface area contributed by atoms with Crippen LogP contribution < -0.4 is 15.8 Å². The van der Waals surface area contributed by atoms with Gasteiger partial charge in [-0.3, -0.25) is 4.79 Å². The number of halogens is 3. The van der Waals surface area contributed by atoms with Crippen LogP contribution in [0.3, 0.4) is 0 Å². The highest BCUT2D eigenvalue weighted by Gasteiger charge is 2.31. The molecule has 7 heteroatoms. The zero-order valence-electron chi connectivity index (χ0n) is 12.8. The molecule has 1 aromatic rings. The number of alkyl halides is 3. The van der Waals surface area contributed by atoms with Gasteiger partial charge < -0.3 is 15.8 Å². The van der Waals surface area contributed by atoms with Crippen molar-refractivity contribution in [3.63, 3.8) is 0 Å². The number of ether oxygens (including phenoxy) is 1. The van der Waals surface area contributed by atoms with Crippen LogP contribution >= 0.6 is 0 Å². The number of nitrogens with two attached hydrogens (primary N) is 1. The van der Waals surface area contributed by atoms with Gasteiger partial charge >= 0.3 is 6.36 Å². The van der Waals surface area contributed by atoms with Gasteiger partial charge in [0.1, 0.15) is 5.75 Å². The molecule has 22 heavy (non-hydrogen) atoms. The molecule has 0 heterocycles. The van der Waals surface area contributed by atoms with E-state index in [4.69, 9.17) is 5.73 Å². The molecule has 1 rings (SSSR count).